The Kier molecular flexibility index (Phi) is 4.18. The topological polar surface area (TPSA) is 39.9 Å². The van der Waals surface area contributed by atoms with Crippen molar-refractivity contribution in [1.29, 1.82) is 0 Å². The average Bonchev–Trinajstić information content (AvgIpc) is 2.60. The van der Waals surface area contributed by atoms with Crippen molar-refractivity contribution in [1.82, 2.24) is 15.0 Å². The number of ether oxygens (including phenoxy) is 1. The number of alkyl halides is 1. The summed E-state index contributed by atoms with van der Waals surface area (Å²) in [6.45, 7) is 1.64. The molecule has 0 N–H and O–H groups in total. The second kappa shape index (κ2) is 5.64. The van der Waals surface area contributed by atoms with E-state index in [0.29, 0.717) is 11.8 Å². The normalized spacial score (nSPS) is 16.4. The average molecular weight is 244 g/mol. The van der Waals surface area contributed by atoms with Crippen LogP contribution in [-0.2, 0) is 17.2 Å². The Bertz CT molecular complexity index is 336. The SMILES string of the molecule is COCCCn1nnc(CCl)c1C1CCC1. The van der Waals surface area contributed by atoms with E-state index in [9.17, 15) is 0 Å². The standard InChI is InChI=1S/C11H18ClN3O/c1-16-7-3-6-15-11(9-4-2-5-9)10(8-12)13-14-15/h9H,2-8H2,1H3. The van der Waals surface area contributed by atoms with Crippen LogP contribution in [0, 0.1) is 0 Å². The van der Waals surface area contributed by atoms with Gasteiger partial charge in [0.25, 0.3) is 0 Å². The van der Waals surface area contributed by atoms with Crippen molar-refractivity contribution in [2.45, 2.75) is 44.0 Å². The summed E-state index contributed by atoms with van der Waals surface area (Å²) in [5.74, 6) is 1.10. The largest absolute Gasteiger partial charge is 0.385 e. The summed E-state index contributed by atoms with van der Waals surface area (Å²) in [6.07, 6.45) is 4.79. The second-order valence-electron chi connectivity index (χ2n) is 4.25. The summed E-state index contributed by atoms with van der Waals surface area (Å²) in [4.78, 5) is 0. The van der Waals surface area contributed by atoms with Gasteiger partial charge in [-0.05, 0) is 19.3 Å². The molecule has 1 aliphatic rings. The van der Waals surface area contributed by atoms with Gasteiger partial charge in [0.05, 0.1) is 11.6 Å². The molecule has 1 heterocycles. The van der Waals surface area contributed by atoms with Crippen LogP contribution in [0.1, 0.15) is 43.0 Å². The van der Waals surface area contributed by atoms with Crippen molar-refractivity contribution in [3.05, 3.63) is 11.4 Å². The number of hydrogen-bond donors (Lipinski definition) is 0. The Hall–Kier alpha value is -0.610. The van der Waals surface area contributed by atoms with Gasteiger partial charge in [-0.25, -0.2) is 4.68 Å². The van der Waals surface area contributed by atoms with Gasteiger partial charge < -0.3 is 4.74 Å². The fourth-order valence-corrected chi connectivity index (χ4v) is 2.29. The Morgan fingerprint density at radius 3 is 2.88 bits per heavy atom. The highest BCUT2D eigenvalue weighted by Gasteiger charge is 2.26. The summed E-state index contributed by atoms with van der Waals surface area (Å²) in [5, 5.41) is 8.34. The first-order valence-electron chi connectivity index (χ1n) is 5.84. The minimum Gasteiger partial charge on any atom is -0.385 e. The maximum Gasteiger partial charge on any atom is 0.101 e. The third kappa shape index (κ3) is 2.38. The van der Waals surface area contributed by atoms with Crippen LogP contribution in [0.3, 0.4) is 0 Å². The fourth-order valence-electron chi connectivity index (χ4n) is 2.10. The lowest BCUT2D eigenvalue weighted by Gasteiger charge is -2.26. The van der Waals surface area contributed by atoms with Gasteiger partial charge in [-0.15, -0.1) is 16.7 Å². The van der Waals surface area contributed by atoms with E-state index in [1.54, 1.807) is 7.11 Å². The number of aromatic nitrogens is 3. The summed E-state index contributed by atoms with van der Waals surface area (Å²) >= 11 is 5.89. The van der Waals surface area contributed by atoms with E-state index < -0.39 is 0 Å². The van der Waals surface area contributed by atoms with Crippen LogP contribution in [0.5, 0.6) is 0 Å². The summed E-state index contributed by atoms with van der Waals surface area (Å²) in [5.41, 5.74) is 2.22. The molecular formula is C11H18ClN3O. The molecule has 0 bridgehead atoms. The lowest BCUT2D eigenvalue weighted by atomic mass is 9.82. The molecular weight excluding hydrogens is 226 g/mol. The molecule has 16 heavy (non-hydrogen) atoms. The maximum atomic E-state index is 5.89. The van der Waals surface area contributed by atoms with Crippen molar-refractivity contribution in [3.63, 3.8) is 0 Å². The predicted molar refractivity (Wildman–Crippen MR) is 62.7 cm³/mol. The van der Waals surface area contributed by atoms with Crippen LogP contribution in [0.4, 0.5) is 0 Å². The molecule has 1 aliphatic carbocycles. The third-order valence-electron chi connectivity index (χ3n) is 3.18. The van der Waals surface area contributed by atoms with E-state index in [0.717, 1.165) is 25.3 Å². The van der Waals surface area contributed by atoms with Gasteiger partial charge in [0.1, 0.15) is 5.69 Å². The number of rotatable bonds is 6. The lowest BCUT2D eigenvalue weighted by Crippen LogP contribution is -2.17. The van der Waals surface area contributed by atoms with Gasteiger partial charge in [0.2, 0.25) is 0 Å². The molecule has 4 nitrogen and oxygen atoms in total. The van der Waals surface area contributed by atoms with E-state index in [-0.39, 0.29) is 0 Å². The third-order valence-corrected chi connectivity index (χ3v) is 3.44. The van der Waals surface area contributed by atoms with Gasteiger partial charge >= 0.3 is 0 Å². The molecule has 0 aromatic carbocycles. The molecule has 1 aromatic heterocycles. The van der Waals surface area contributed by atoms with Crippen molar-refractivity contribution >= 4 is 11.6 Å². The number of halogens is 1. The summed E-state index contributed by atoms with van der Waals surface area (Å²) < 4.78 is 7.06. The van der Waals surface area contributed by atoms with Crippen LogP contribution in [0.25, 0.3) is 0 Å². The highest BCUT2D eigenvalue weighted by molar-refractivity contribution is 6.16. The second-order valence-corrected chi connectivity index (χ2v) is 4.52. The Morgan fingerprint density at radius 1 is 1.50 bits per heavy atom. The molecule has 0 aliphatic heterocycles. The minimum absolute atomic E-state index is 0.468. The number of hydrogen-bond acceptors (Lipinski definition) is 3. The van der Waals surface area contributed by atoms with Crippen molar-refractivity contribution in [2.75, 3.05) is 13.7 Å². The van der Waals surface area contributed by atoms with Crippen LogP contribution in [0.15, 0.2) is 0 Å². The van der Waals surface area contributed by atoms with Crippen molar-refractivity contribution in [2.24, 2.45) is 0 Å². The maximum absolute atomic E-state index is 5.89. The van der Waals surface area contributed by atoms with Gasteiger partial charge in [0.15, 0.2) is 0 Å². The number of nitrogens with zero attached hydrogens (tertiary/aromatic N) is 3. The Balaban J connectivity index is 2.07. The highest BCUT2D eigenvalue weighted by atomic mass is 35.5. The monoisotopic (exact) mass is 243 g/mol. The molecule has 0 amide bonds. The van der Waals surface area contributed by atoms with Crippen LogP contribution in [0.2, 0.25) is 0 Å². The molecule has 0 atom stereocenters. The molecule has 0 spiro atoms. The predicted octanol–water partition coefficient (Wildman–Crippen LogP) is 2.32. The van der Waals surface area contributed by atoms with Crippen molar-refractivity contribution in [3.8, 4) is 0 Å². The Morgan fingerprint density at radius 2 is 2.31 bits per heavy atom. The Labute approximate surface area is 101 Å². The molecule has 0 saturated heterocycles. The summed E-state index contributed by atoms with van der Waals surface area (Å²) in [7, 11) is 1.72. The zero-order chi connectivity index (χ0) is 11.4. The van der Waals surface area contributed by atoms with E-state index in [4.69, 9.17) is 16.3 Å². The summed E-state index contributed by atoms with van der Waals surface area (Å²) in [6, 6.07) is 0. The molecule has 0 unspecified atom stereocenters. The molecule has 2 rings (SSSR count). The highest BCUT2D eigenvalue weighted by Crippen LogP contribution is 2.37. The quantitative estimate of drug-likeness (QED) is 0.569. The smallest absolute Gasteiger partial charge is 0.101 e. The minimum atomic E-state index is 0.468. The first kappa shape index (κ1) is 11.9. The molecule has 1 aromatic rings. The van der Waals surface area contributed by atoms with Crippen molar-refractivity contribution < 1.29 is 4.74 Å². The van der Waals surface area contributed by atoms with Gasteiger partial charge in [-0.1, -0.05) is 11.6 Å². The number of methoxy groups -OCH3 is 1. The zero-order valence-corrected chi connectivity index (χ0v) is 10.4. The first-order valence-corrected chi connectivity index (χ1v) is 6.37. The fraction of sp³-hybridized carbons (Fsp3) is 0.818. The molecule has 90 valence electrons. The number of aryl methyl sites for hydroxylation is 1. The molecule has 0 radical (unpaired) electrons. The van der Waals surface area contributed by atoms with E-state index in [1.807, 2.05) is 4.68 Å². The van der Waals surface area contributed by atoms with Crippen LogP contribution < -0.4 is 0 Å². The van der Waals surface area contributed by atoms with Crippen LogP contribution >= 0.6 is 11.6 Å². The lowest BCUT2D eigenvalue weighted by molar-refractivity contribution is 0.187. The van der Waals surface area contributed by atoms with Gasteiger partial charge in [-0.2, -0.15) is 0 Å². The molecule has 1 saturated carbocycles. The molecule has 5 heteroatoms. The first-order chi connectivity index (χ1) is 7.86. The zero-order valence-electron chi connectivity index (χ0n) is 9.65. The van der Waals surface area contributed by atoms with Gasteiger partial charge in [0, 0.05) is 26.2 Å². The van der Waals surface area contributed by atoms with Crippen LogP contribution in [-0.4, -0.2) is 28.7 Å². The van der Waals surface area contributed by atoms with E-state index in [2.05, 4.69) is 10.3 Å². The molecule has 1 fully saturated rings. The van der Waals surface area contributed by atoms with E-state index in [1.165, 1.54) is 25.0 Å². The van der Waals surface area contributed by atoms with Gasteiger partial charge in [-0.3, -0.25) is 0 Å². The van der Waals surface area contributed by atoms with E-state index >= 15 is 0 Å².